The van der Waals surface area contributed by atoms with Gasteiger partial charge in [-0.1, -0.05) is 6.92 Å². The Bertz CT molecular complexity index is 595. The molecule has 3 N–H and O–H groups in total. The van der Waals surface area contributed by atoms with Crippen LogP contribution in [-0.4, -0.2) is 28.4 Å². The van der Waals surface area contributed by atoms with Gasteiger partial charge in [-0.2, -0.15) is 0 Å². The van der Waals surface area contributed by atoms with Crippen molar-refractivity contribution < 1.29 is 4.74 Å². The second-order valence-electron chi connectivity index (χ2n) is 4.71. The summed E-state index contributed by atoms with van der Waals surface area (Å²) in [4.78, 5) is 11.3. The van der Waals surface area contributed by atoms with Gasteiger partial charge in [0.25, 0.3) is 0 Å². The highest BCUT2D eigenvalue weighted by atomic mass is 32.2. The molecule has 1 aliphatic rings. The molecule has 7 heteroatoms. The minimum absolute atomic E-state index is 0.497. The summed E-state index contributed by atoms with van der Waals surface area (Å²) in [7, 11) is 0. The maximum atomic E-state index is 5.48. The topological polar surface area (TPSA) is 73.1 Å². The predicted molar refractivity (Wildman–Crippen MR) is 84.3 cm³/mol. The second kappa shape index (κ2) is 6.26. The Morgan fingerprint density at radius 2 is 2.25 bits per heavy atom. The zero-order valence-electron chi connectivity index (χ0n) is 11.4. The summed E-state index contributed by atoms with van der Waals surface area (Å²) in [5, 5.41) is 2.76. The molecular weight excluding hydrogens is 292 g/mol. The van der Waals surface area contributed by atoms with Crippen molar-refractivity contribution in [2.24, 2.45) is 5.84 Å². The number of thioether (sulfide) groups is 1. The number of rotatable bonds is 4. The predicted octanol–water partition coefficient (Wildman–Crippen LogP) is 2.81. The van der Waals surface area contributed by atoms with E-state index in [2.05, 4.69) is 28.4 Å². The van der Waals surface area contributed by atoms with Gasteiger partial charge in [-0.25, -0.2) is 15.8 Å². The maximum Gasteiger partial charge on any atom is 0.239 e. The number of fused-ring (bicyclic) bond motifs is 1. The molecule has 1 saturated heterocycles. The van der Waals surface area contributed by atoms with E-state index in [9.17, 15) is 0 Å². The normalized spacial score (nSPS) is 16.7. The van der Waals surface area contributed by atoms with Crippen LogP contribution >= 0.6 is 23.1 Å². The molecule has 1 aliphatic heterocycles. The average Bonchev–Trinajstić information content (AvgIpc) is 2.91. The first kappa shape index (κ1) is 14.1. The van der Waals surface area contributed by atoms with Gasteiger partial charge in [-0.3, -0.25) is 5.43 Å². The third-order valence-electron chi connectivity index (χ3n) is 3.33. The fourth-order valence-electron chi connectivity index (χ4n) is 2.23. The van der Waals surface area contributed by atoms with E-state index in [1.165, 1.54) is 4.88 Å². The molecule has 0 unspecified atom stereocenters. The number of nitrogen functional groups attached to an aromatic ring is 1. The van der Waals surface area contributed by atoms with Crippen molar-refractivity contribution in [3.8, 4) is 0 Å². The molecule has 2 aromatic heterocycles. The standard InChI is InChI=1S/C13H18N4OS2/c1-2-8-7-10-11(19-8)15-13(17-14)16-12(10)20-9-3-5-18-6-4-9/h7,9H,2-6,14H2,1H3,(H,15,16,17). The van der Waals surface area contributed by atoms with E-state index < -0.39 is 0 Å². The van der Waals surface area contributed by atoms with Gasteiger partial charge in [0.1, 0.15) is 9.86 Å². The SMILES string of the molecule is CCc1cc2c(SC3CCOCC3)nc(NN)nc2s1. The van der Waals surface area contributed by atoms with Crippen LogP contribution in [-0.2, 0) is 11.2 Å². The minimum Gasteiger partial charge on any atom is -0.381 e. The maximum absolute atomic E-state index is 5.48. The number of nitrogens with one attached hydrogen (secondary N) is 1. The zero-order chi connectivity index (χ0) is 13.9. The van der Waals surface area contributed by atoms with Crippen LogP contribution in [0.15, 0.2) is 11.1 Å². The van der Waals surface area contributed by atoms with Crippen LogP contribution in [0.1, 0.15) is 24.6 Å². The summed E-state index contributed by atoms with van der Waals surface area (Å²) in [5.41, 5.74) is 2.57. The van der Waals surface area contributed by atoms with Gasteiger partial charge >= 0.3 is 0 Å². The van der Waals surface area contributed by atoms with E-state index in [-0.39, 0.29) is 0 Å². The van der Waals surface area contributed by atoms with Crippen LogP contribution in [0.4, 0.5) is 5.95 Å². The van der Waals surface area contributed by atoms with Gasteiger partial charge in [0, 0.05) is 28.7 Å². The summed E-state index contributed by atoms with van der Waals surface area (Å²) >= 11 is 3.55. The van der Waals surface area contributed by atoms with Crippen molar-refractivity contribution in [2.45, 2.75) is 36.5 Å². The Kier molecular flexibility index (Phi) is 4.40. The second-order valence-corrected chi connectivity index (χ2v) is 7.12. The van der Waals surface area contributed by atoms with Crippen molar-refractivity contribution in [3.63, 3.8) is 0 Å². The van der Waals surface area contributed by atoms with E-state index in [1.54, 1.807) is 11.3 Å². The Hall–Kier alpha value is -0.890. The number of hydrogen-bond donors (Lipinski definition) is 2. The molecular formula is C13H18N4OS2. The molecule has 0 atom stereocenters. The average molecular weight is 310 g/mol. The van der Waals surface area contributed by atoms with E-state index in [4.69, 9.17) is 10.6 Å². The monoisotopic (exact) mass is 310 g/mol. The van der Waals surface area contributed by atoms with Crippen molar-refractivity contribution in [3.05, 3.63) is 10.9 Å². The summed E-state index contributed by atoms with van der Waals surface area (Å²) in [5.74, 6) is 5.98. The first-order valence-corrected chi connectivity index (χ1v) is 8.51. The van der Waals surface area contributed by atoms with Crippen molar-refractivity contribution >= 4 is 39.3 Å². The van der Waals surface area contributed by atoms with Crippen molar-refractivity contribution in [1.29, 1.82) is 0 Å². The van der Waals surface area contributed by atoms with Crippen LogP contribution in [0.25, 0.3) is 10.2 Å². The van der Waals surface area contributed by atoms with Gasteiger partial charge in [0.2, 0.25) is 5.95 Å². The van der Waals surface area contributed by atoms with Crippen LogP contribution in [0.2, 0.25) is 0 Å². The van der Waals surface area contributed by atoms with Gasteiger partial charge in [0.15, 0.2) is 0 Å². The first-order valence-electron chi connectivity index (χ1n) is 6.81. The lowest BCUT2D eigenvalue weighted by Crippen LogP contribution is -2.18. The molecule has 108 valence electrons. The third kappa shape index (κ3) is 2.90. The van der Waals surface area contributed by atoms with E-state index in [0.717, 1.165) is 47.7 Å². The number of hydrogen-bond acceptors (Lipinski definition) is 7. The van der Waals surface area contributed by atoms with Gasteiger partial charge < -0.3 is 4.74 Å². The van der Waals surface area contributed by atoms with Crippen LogP contribution in [0.3, 0.4) is 0 Å². The molecule has 0 aliphatic carbocycles. The highest BCUT2D eigenvalue weighted by Gasteiger charge is 2.19. The fourth-order valence-corrected chi connectivity index (χ4v) is 4.42. The van der Waals surface area contributed by atoms with Crippen LogP contribution in [0.5, 0.6) is 0 Å². The van der Waals surface area contributed by atoms with Crippen LogP contribution < -0.4 is 11.3 Å². The third-order valence-corrected chi connectivity index (χ3v) is 5.85. The summed E-state index contributed by atoms with van der Waals surface area (Å²) < 4.78 is 5.41. The van der Waals surface area contributed by atoms with Gasteiger partial charge in [0.05, 0.1) is 0 Å². The molecule has 3 heterocycles. The molecule has 0 saturated carbocycles. The Morgan fingerprint density at radius 3 is 2.95 bits per heavy atom. The lowest BCUT2D eigenvalue weighted by Gasteiger charge is -2.21. The molecule has 20 heavy (non-hydrogen) atoms. The molecule has 2 aromatic rings. The molecule has 0 bridgehead atoms. The van der Waals surface area contributed by atoms with Crippen LogP contribution in [0, 0.1) is 0 Å². The number of hydrazine groups is 1. The summed E-state index contributed by atoms with van der Waals surface area (Å²) in [6.45, 7) is 3.85. The zero-order valence-corrected chi connectivity index (χ0v) is 13.0. The fraction of sp³-hybridized carbons (Fsp3) is 0.538. The van der Waals surface area contributed by atoms with Gasteiger partial charge in [-0.15, -0.1) is 23.1 Å². The Balaban J connectivity index is 1.95. The number of nitrogens with two attached hydrogens (primary N) is 1. The Morgan fingerprint density at radius 1 is 1.45 bits per heavy atom. The van der Waals surface area contributed by atoms with Crippen molar-refractivity contribution in [1.82, 2.24) is 9.97 Å². The van der Waals surface area contributed by atoms with Gasteiger partial charge in [-0.05, 0) is 25.3 Å². The number of ether oxygens (including phenoxy) is 1. The first-order chi connectivity index (χ1) is 9.80. The lowest BCUT2D eigenvalue weighted by molar-refractivity contribution is 0.1000. The lowest BCUT2D eigenvalue weighted by atomic mass is 10.2. The number of anilines is 1. The number of aryl methyl sites for hydroxylation is 1. The number of nitrogens with zero attached hydrogens (tertiary/aromatic N) is 2. The van der Waals surface area contributed by atoms with Crippen molar-refractivity contribution in [2.75, 3.05) is 18.6 Å². The molecule has 1 fully saturated rings. The largest absolute Gasteiger partial charge is 0.381 e. The molecule has 5 nitrogen and oxygen atoms in total. The minimum atomic E-state index is 0.497. The smallest absolute Gasteiger partial charge is 0.239 e. The highest BCUT2D eigenvalue weighted by Crippen LogP contribution is 2.36. The summed E-state index contributed by atoms with van der Waals surface area (Å²) in [6, 6.07) is 2.21. The quantitative estimate of drug-likeness (QED) is 0.514. The molecule has 0 radical (unpaired) electrons. The number of aromatic nitrogens is 2. The van der Waals surface area contributed by atoms with E-state index in [0.29, 0.717) is 11.2 Å². The highest BCUT2D eigenvalue weighted by molar-refractivity contribution is 8.00. The molecule has 0 spiro atoms. The van der Waals surface area contributed by atoms with E-state index >= 15 is 0 Å². The molecule has 0 amide bonds. The molecule has 0 aromatic carbocycles. The van der Waals surface area contributed by atoms with E-state index in [1.807, 2.05) is 11.8 Å². The Labute approximate surface area is 126 Å². The summed E-state index contributed by atoms with van der Waals surface area (Å²) in [6.07, 6.45) is 3.17. The number of thiophene rings is 1. The molecule has 3 rings (SSSR count).